The van der Waals surface area contributed by atoms with Gasteiger partial charge in [-0.15, -0.1) is 0 Å². The molecule has 2 fully saturated rings. The first-order valence-electron chi connectivity index (χ1n) is 9.50. The van der Waals surface area contributed by atoms with E-state index in [9.17, 15) is 8.42 Å². The van der Waals surface area contributed by atoms with Gasteiger partial charge in [0.25, 0.3) is 10.2 Å². The zero-order valence-electron chi connectivity index (χ0n) is 16.0. The zero-order chi connectivity index (χ0) is 19.4. The first-order chi connectivity index (χ1) is 12.9. The molecule has 1 aromatic rings. The lowest BCUT2D eigenvalue weighted by atomic mass is 10.1. The van der Waals surface area contributed by atoms with Crippen LogP contribution in [0.1, 0.15) is 31.4 Å². The number of hydrogen-bond donors (Lipinski definition) is 0. The van der Waals surface area contributed by atoms with E-state index in [2.05, 4.69) is 11.0 Å². The lowest BCUT2D eigenvalue weighted by Crippen LogP contribution is -2.53. The van der Waals surface area contributed by atoms with E-state index in [4.69, 9.17) is 10.00 Å². The molecule has 2 heterocycles. The van der Waals surface area contributed by atoms with Crippen LogP contribution < -0.4 is 0 Å². The van der Waals surface area contributed by atoms with Gasteiger partial charge in [0.1, 0.15) is 0 Å². The zero-order valence-corrected chi connectivity index (χ0v) is 16.9. The van der Waals surface area contributed by atoms with Gasteiger partial charge in [0.15, 0.2) is 0 Å². The molecule has 0 amide bonds. The van der Waals surface area contributed by atoms with Gasteiger partial charge in [-0.05, 0) is 44.5 Å². The van der Waals surface area contributed by atoms with Gasteiger partial charge in [0.2, 0.25) is 0 Å². The van der Waals surface area contributed by atoms with Crippen molar-refractivity contribution < 1.29 is 13.2 Å². The SMILES string of the molecule is CC1CN(S(=O)(=O)N2CCCN(Cc3ccc(C#N)cc3)CC2)CC(C)O1. The fraction of sp³-hybridized carbons (Fsp3) is 0.632. The Morgan fingerprint density at radius 2 is 1.70 bits per heavy atom. The van der Waals surface area contributed by atoms with Crippen molar-refractivity contribution in [3.05, 3.63) is 35.4 Å². The van der Waals surface area contributed by atoms with E-state index in [0.29, 0.717) is 38.3 Å². The van der Waals surface area contributed by atoms with Crippen molar-refractivity contribution in [3.8, 4) is 6.07 Å². The summed E-state index contributed by atoms with van der Waals surface area (Å²) in [6.45, 7) is 8.04. The molecule has 0 radical (unpaired) electrons. The van der Waals surface area contributed by atoms with E-state index in [1.807, 2.05) is 38.1 Å². The Kier molecular flexibility index (Phi) is 6.50. The molecule has 2 aliphatic rings. The van der Waals surface area contributed by atoms with Crippen LogP contribution in [0.3, 0.4) is 0 Å². The molecule has 1 aromatic carbocycles. The van der Waals surface area contributed by atoms with E-state index >= 15 is 0 Å². The molecule has 2 unspecified atom stereocenters. The van der Waals surface area contributed by atoms with Crippen LogP contribution in [-0.2, 0) is 21.5 Å². The summed E-state index contributed by atoms with van der Waals surface area (Å²) in [5.74, 6) is 0. The molecule has 27 heavy (non-hydrogen) atoms. The van der Waals surface area contributed by atoms with Crippen molar-refractivity contribution in [1.29, 1.82) is 5.26 Å². The van der Waals surface area contributed by atoms with Crippen LogP contribution in [0.2, 0.25) is 0 Å². The summed E-state index contributed by atoms with van der Waals surface area (Å²) < 4.78 is 35.0. The molecule has 0 aromatic heterocycles. The Balaban J connectivity index is 1.61. The number of morpholine rings is 1. The van der Waals surface area contributed by atoms with Crippen molar-refractivity contribution in [3.63, 3.8) is 0 Å². The minimum Gasteiger partial charge on any atom is -0.373 e. The average molecular weight is 393 g/mol. The summed E-state index contributed by atoms with van der Waals surface area (Å²) in [7, 11) is -3.46. The highest BCUT2D eigenvalue weighted by Crippen LogP contribution is 2.19. The Bertz CT molecular complexity index is 765. The second kappa shape index (κ2) is 8.67. The van der Waals surface area contributed by atoms with Crippen molar-refractivity contribution in [2.45, 2.75) is 39.0 Å². The predicted octanol–water partition coefficient (Wildman–Crippen LogP) is 1.42. The third-order valence-corrected chi connectivity index (χ3v) is 7.04. The fourth-order valence-corrected chi connectivity index (χ4v) is 5.56. The minimum atomic E-state index is -3.46. The second-order valence-electron chi connectivity index (χ2n) is 7.42. The smallest absolute Gasteiger partial charge is 0.282 e. The number of nitrogens with zero attached hydrogens (tertiary/aromatic N) is 4. The number of rotatable bonds is 4. The molecule has 2 atom stereocenters. The highest BCUT2D eigenvalue weighted by atomic mass is 32.2. The first-order valence-corrected chi connectivity index (χ1v) is 10.9. The molecule has 2 aliphatic heterocycles. The summed E-state index contributed by atoms with van der Waals surface area (Å²) in [5.41, 5.74) is 1.79. The summed E-state index contributed by atoms with van der Waals surface area (Å²) in [5, 5.41) is 8.90. The number of ether oxygens (including phenoxy) is 1. The first kappa shape index (κ1) is 20.2. The molecule has 148 valence electrons. The Hall–Kier alpha value is -1.50. The molecule has 7 nitrogen and oxygen atoms in total. The molecule has 3 rings (SSSR count). The number of nitriles is 1. The number of benzene rings is 1. The Labute approximate surface area is 162 Å². The van der Waals surface area contributed by atoms with E-state index in [1.54, 1.807) is 8.61 Å². The van der Waals surface area contributed by atoms with Crippen LogP contribution in [0.4, 0.5) is 0 Å². The highest BCUT2D eigenvalue weighted by molar-refractivity contribution is 7.86. The molecular formula is C19H28N4O3S. The summed E-state index contributed by atoms with van der Waals surface area (Å²) >= 11 is 0. The van der Waals surface area contributed by atoms with E-state index < -0.39 is 10.2 Å². The van der Waals surface area contributed by atoms with Crippen molar-refractivity contribution in [1.82, 2.24) is 13.5 Å². The highest BCUT2D eigenvalue weighted by Gasteiger charge is 2.35. The summed E-state index contributed by atoms with van der Waals surface area (Å²) in [6.07, 6.45) is 0.650. The van der Waals surface area contributed by atoms with Gasteiger partial charge in [-0.3, -0.25) is 4.90 Å². The Morgan fingerprint density at radius 1 is 1.04 bits per heavy atom. The maximum Gasteiger partial charge on any atom is 0.282 e. The van der Waals surface area contributed by atoms with Crippen LogP contribution in [0.5, 0.6) is 0 Å². The minimum absolute atomic E-state index is 0.0802. The quantitative estimate of drug-likeness (QED) is 0.775. The molecule has 0 spiro atoms. The van der Waals surface area contributed by atoms with Crippen molar-refractivity contribution in [2.24, 2.45) is 0 Å². The number of hydrogen-bond acceptors (Lipinski definition) is 5. The van der Waals surface area contributed by atoms with Gasteiger partial charge in [-0.2, -0.15) is 22.3 Å². The molecule has 0 aliphatic carbocycles. The van der Waals surface area contributed by atoms with Crippen LogP contribution in [0.25, 0.3) is 0 Å². The molecule has 2 saturated heterocycles. The average Bonchev–Trinajstić information content (AvgIpc) is 2.87. The van der Waals surface area contributed by atoms with E-state index in [-0.39, 0.29) is 12.2 Å². The van der Waals surface area contributed by atoms with Crippen molar-refractivity contribution >= 4 is 10.2 Å². The second-order valence-corrected chi connectivity index (χ2v) is 9.35. The van der Waals surface area contributed by atoms with E-state index in [1.165, 1.54) is 0 Å². The third-order valence-electron chi connectivity index (χ3n) is 5.08. The lowest BCUT2D eigenvalue weighted by Gasteiger charge is -2.37. The Morgan fingerprint density at radius 3 is 2.33 bits per heavy atom. The largest absolute Gasteiger partial charge is 0.373 e. The van der Waals surface area contributed by atoms with Crippen LogP contribution in [0.15, 0.2) is 24.3 Å². The lowest BCUT2D eigenvalue weighted by molar-refractivity contribution is -0.0454. The topological polar surface area (TPSA) is 76.9 Å². The third kappa shape index (κ3) is 5.06. The summed E-state index contributed by atoms with van der Waals surface area (Å²) in [4.78, 5) is 2.28. The van der Waals surface area contributed by atoms with Gasteiger partial charge in [0.05, 0.1) is 23.8 Å². The monoisotopic (exact) mass is 392 g/mol. The van der Waals surface area contributed by atoms with Gasteiger partial charge >= 0.3 is 0 Å². The molecule has 0 saturated carbocycles. The van der Waals surface area contributed by atoms with Gasteiger partial charge in [-0.1, -0.05) is 12.1 Å². The normalized spacial score (nSPS) is 26.4. The standard InChI is InChI=1S/C19H28N4O3S/c1-16-13-23(14-17(2)26-16)27(24,25)22-9-3-8-21(10-11-22)15-19-6-4-18(12-20)5-7-19/h4-7,16-17H,3,8-11,13-15H2,1-2H3. The fourth-order valence-electron chi connectivity index (χ4n) is 3.76. The molecule has 0 N–H and O–H groups in total. The molecular weight excluding hydrogens is 364 g/mol. The molecule has 0 bridgehead atoms. The maximum absolute atomic E-state index is 13.1. The molecule has 8 heteroatoms. The van der Waals surface area contributed by atoms with Gasteiger partial charge < -0.3 is 4.74 Å². The van der Waals surface area contributed by atoms with Crippen molar-refractivity contribution in [2.75, 3.05) is 39.3 Å². The van der Waals surface area contributed by atoms with Gasteiger partial charge in [-0.25, -0.2) is 0 Å². The maximum atomic E-state index is 13.1. The summed E-state index contributed by atoms with van der Waals surface area (Å²) in [6, 6.07) is 9.71. The van der Waals surface area contributed by atoms with Crippen LogP contribution >= 0.6 is 0 Å². The van der Waals surface area contributed by atoms with Crippen LogP contribution in [0, 0.1) is 11.3 Å². The predicted molar refractivity (Wildman–Crippen MR) is 103 cm³/mol. The van der Waals surface area contributed by atoms with E-state index in [0.717, 1.165) is 25.1 Å². The van der Waals surface area contributed by atoms with Gasteiger partial charge in [0, 0.05) is 39.3 Å². The van der Waals surface area contributed by atoms with Crippen LogP contribution in [-0.4, -0.2) is 73.4 Å².